The Kier molecular flexibility index (Phi) is 4.55. The summed E-state index contributed by atoms with van der Waals surface area (Å²) >= 11 is 3.96. The van der Waals surface area contributed by atoms with Crippen molar-refractivity contribution in [1.82, 2.24) is 9.78 Å². The number of aryl methyl sites for hydroxylation is 2. The smallest absolute Gasteiger partial charge is 0.354 e. The largest absolute Gasteiger partial charge is 0.477 e. The van der Waals surface area contributed by atoms with Gasteiger partial charge in [0.05, 0.1) is 11.8 Å². The van der Waals surface area contributed by atoms with Crippen LogP contribution in [0.3, 0.4) is 0 Å². The van der Waals surface area contributed by atoms with Crippen LogP contribution in [0.25, 0.3) is 0 Å². The highest BCUT2D eigenvalue weighted by Crippen LogP contribution is 2.25. The lowest BCUT2D eigenvalue weighted by Gasteiger charge is -2.17. The molecule has 0 aliphatic rings. The molecular formula is C10H16N2O4S. The normalized spacial score (nSPS) is 14.6. The van der Waals surface area contributed by atoms with Gasteiger partial charge in [-0.2, -0.15) is 17.7 Å². The number of aliphatic hydroxyl groups excluding tert-OH is 2. The summed E-state index contributed by atoms with van der Waals surface area (Å²) in [6.45, 7) is 1.60. The zero-order valence-electron chi connectivity index (χ0n) is 9.66. The minimum absolute atomic E-state index is 0.104. The molecule has 0 aliphatic carbocycles. The minimum Gasteiger partial charge on any atom is -0.477 e. The third kappa shape index (κ3) is 2.80. The Hall–Kier alpha value is -1.05. The summed E-state index contributed by atoms with van der Waals surface area (Å²) in [5.41, 5.74) is 0.457. The molecular weight excluding hydrogens is 244 g/mol. The van der Waals surface area contributed by atoms with E-state index in [4.69, 9.17) is 5.11 Å². The maximum atomic E-state index is 11.1. The van der Waals surface area contributed by atoms with Gasteiger partial charge in [-0.3, -0.25) is 4.68 Å². The average molecular weight is 260 g/mol. The van der Waals surface area contributed by atoms with Crippen LogP contribution in [0.15, 0.2) is 0 Å². The minimum atomic E-state index is -1.26. The van der Waals surface area contributed by atoms with E-state index in [1.54, 1.807) is 6.92 Å². The second-order valence-electron chi connectivity index (χ2n) is 3.80. The zero-order valence-corrected chi connectivity index (χ0v) is 10.6. The first kappa shape index (κ1) is 14.0. The molecule has 0 fully saturated rings. The number of aromatic carboxylic acids is 1. The average Bonchev–Trinajstić information content (AvgIpc) is 2.52. The number of carbonyl (C=O) groups is 1. The summed E-state index contributed by atoms with van der Waals surface area (Å²) in [7, 11) is 1.48. The molecule has 0 aromatic carbocycles. The Balaban J connectivity index is 3.16. The van der Waals surface area contributed by atoms with E-state index in [2.05, 4.69) is 17.7 Å². The lowest BCUT2D eigenvalue weighted by molar-refractivity contribution is 0.0158. The quantitative estimate of drug-likeness (QED) is 0.565. The fourth-order valence-electron chi connectivity index (χ4n) is 1.76. The molecule has 0 amide bonds. The molecule has 6 nitrogen and oxygen atoms in total. The first-order valence-electron chi connectivity index (χ1n) is 5.14. The van der Waals surface area contributed by atoms with Gasteiger partial charge in [0.15, 0.2) is 5.69 Å². The van der Waals surface area contributed by atoms with Gasteiger partial charge in [-0.05, 0) is 19.1 Å². The van der Waals surface area contributed by atoms with E-state index in [1.165, 1.54) is 11.7 Å². The SMILES string of the molecule is Cc1nn(C)c(C(=O)O)c1C(O)C(O)CCS. The van der Waals surface area contributed by atoms with Crippen molar-refractivity contribution in [3.63, 3.8) is 0 Å². The predicted octanol–water partition coefficient (Wildman–Crippen LogP) is 0.141. The highest BCUT2D eigenvalue weighted by molar-refractivity contribution is 7.80. The molecule has 0 saturated heterocycles. The van der Waals surface area contributed by atoms with Gasteiger partial charge in [-0.1, -0.05) is 0 Å². The third-order valence-electron chi connectivity index (χ3n) is 2.56. The number of carboxylic acids is 1. The van der Waals surface area contributed by atoms with Crippen molar-refractivity contribution in [3.05, 3.63) is 17.0 Å². The van der Waals surface area contributed by atoms with Gasteiger partial charge in [-0.15, -0.1) is 0 Å². The molecule has 7 heteroatoms. The topological polar surface area (TPSA) is 95.6 Å². The van der Waals surface area contributed by atoms with Crippen LogP contribution in [-0.4, -0.2) is 42.9 Å². The molecule has 0 spiro atoms. The fraction of sp³-hybridized carbons (Fsp3) is 0.600. The van der Waals surface area contributed by atoms with Crippen molar-refractivity contribution in [3.8, 4) is 0 Å². The lowest BCUT2D eigenvalue weighted by Crippen LogP contribution is -2.21. The van der Waals surface area contributed by atoms with Crippen LogP contribution in [0.1, 0.15) is 34.3 Å². The Labute approximate surface area is 104 Å². The molecule has 0 radical (unpaired) electrons. The van der Waals surface area contributed by atoms with Crippen molar-refractivity contribution in [2.24, 2.45) is 7.05 Å². The van der Waals surface area contributed by atoms with E-state index >= 15 is 0 Å². The molecule has 2 unspecified atom stereocenters. The fourth-order valence-corrected chi connectivity index (χ4v) is 2.03. The van der Waals surface area contributed by atoms with Crippen LogP contribution < -0.4 is 0 Å². The summed E-state index contributed by atoms with van der Waals surface area (Å²) in [5, 5.41) is 32.6. The second kappa shape index (κ2) is 5.52. The molecule has 0 saturated carbocycles. The van der Waals surface area contributed by atoms with E-state index < -0.39 is 18.2 Å². The first-order valence-corrected chi connectivity index (χ1v) is 5.77. The number of rotatable bonds is 5. The van der Waals surface area contributed by atoms with E-state index in [1.807, 2.05) is 0 Å². The first-order chi connectivity index (χ1) is 7.90. The predicted molar refractivity (Wildman–Crippen MR) is 64.3 cm³/mol. The lowest BCUT2D eigenvalue weighted by atomic mass is 10.0. The van der Waals surface area contributed by atoms with Gasteiger partial charge in [-0.25, -0.2) is 4.79 Å². The number of aromatic nitrogens is 2. The number of thiol groups is 1. The number of aliphatic hydroxyl groups is 2. The van der Waals surface area contributed by atoms with Crippen LogP contribution >= 0.6 is 12.6 Å². The van der Waals surface area contributed by atoms with Crippen LogP contribution in [0.2, 0.25) is 0 Å². The monoisotopic (exact) mass is 260 g/mol. The highest BCUT2D eigenvalue weighted by atomic mass is 32.1. The summed E-state index contributed by atoms with van der Waals surface area (Å²) in [4.78, 5) is 11.1. The molecule has 1 rings (SSSR count). The maximum Gasteiger partial charge on any atom is 0.354 e. The molecule has 17 heavy (non-hydrogen) atoms. The van der Waals surface area contributed by atoms with Gasteiger partial charge in [0, 0.05) is 12.6 Å². The van der Waals surface area contributed by atoms with Gasteiger partial charge in [0.25, 0.3) is 0 Å². The molecule has 3 N–H and O–H groups in total. The number of nitrogens with zero attached hydrogens (tertiary/aromatic N) is 2. The Morgan fingerprint density at radius 2 is 2.12 bits per heavy atom. The van der Waals surface area contributed by atoms with Gasteiger partial charge < -0.3 is 15.3 Å². The van der Waals surface area contributed by atoms with Crippen molar-refractivity contribution in [1.29, 1.82) is 0 Å². The standard InChI is InChI=1S/C10H16N2O4S/c1-5-7(9(14)6(13)3-4-17)8(10(15)16)12(2)11-5/h6,9,13-14,17H,3-4H2,1-2H3,(H,15,16). The van der Waals surface area contributed by atoms with Crippen LogP contribution in [0.5, 0.6) is 0 Å². The summed E-state index contributed by atoms with van der Waals surface area (Å²) in [6, 6.07) is 0. The van der Waals surface area contributed by atoms with E-state index in [9.17, 15) is 15.0 Å². The van der Waals surface area contributed by atoms with Crippen molar-refractivity contribution in [2.75, 3.05) is 5.75 Å². The van der Waals surface area contributed by atoms with Gasteiger partial charge in [0.2, 0.25) is 0 Å². The highest BCUT2D eigenvalue weighted by Gasteiger charge is 2.29. The van der Waals surface area contributed by atoms with Crippen LogP contribution in [-0.2, 0) is 7.05 Å². The van der Waals surface area contributed by atoms with E-state index in [0.717, 1.165) is 0 Å². The third-order valence-corrected chi connectivity index (χ3v) is 2.81. The van der Waals surface area contributed by atoms with Crippen molar-refractivity contribution < 1.29 is 20.1 Å². The van der Waals surface area contributed by atoms with Crippen LogP contribution in [0, 0.1) is 6.92 Å². The Morgan fingerprint density at radius 1 is 1.53 bits per heavy atom. The summed E-state index contributed by atoms with van der Waals surface area (Å²) < 4.78 is 1.18. The van der Waals surface area contributed by atoms with Crippen LogP contribution in [0.4, 0.5) is 0 Å². The van der Waals surface area contributed by atoms with Gasteiger partial charge in [0.1, 0.15) is 6.10 Å². The molecule has 2 atom stereocenters. The summed E-state index contributed by atoms with van der Waals surface area (Å²) in [6.07, 6.45) is -2.03. The van der Waals surface area contributed by atoms with Crippen molar-refractivity contribution in [2.45, 2.75) is 25.6 Å². The van der Waals surface area contributed by atoms with E-state index in [-0.39, 0.29) is 17.7 Å². The molecule has 1 heterocycles. The molecule has 1 aromatic heterocycles. The maximum absolute atomic E-state index is 11.1. The number of hydrogen-bond donors (Lipinski definition) is 4. The molecule has 96 valence electrons. The summed E-state index contributed by atoms with van der Waals surface area (Å²) in [5.74, 6) is -0.778. The number of hydrogen-bond acceptors (Lipinski definition) is 5. The second-order valence-corrected chi connectivity index (χ2v) is 4.25. The zero-order chi connectivity index (χ0) is 13.2. The van der Waals surface area contributed by atoms with Crippen molar-refractivity contribution >= 4 is 18.6 Å². The molecule has 1 aromatic rings. The Bertz CT molecular complexity index is 419. The molecule has 0 aliphatic heterocycles. The van der Waals surface area contributed by atoms with E-state index in [0.29, 0.717) is 11.4 Å². The Morgan fingerprint density at radius 3 is 2.59 bits per heavy atom. The molecule has 0 bridgehead atoms. The number of carboxylic acid groups (broad SMARTS) is 1. The van der Waals surface area contributed by atoms with Gasteiger partial charge >= 0.3 is 5.97 Å².